The Labute approximate surface area is 126 Å². The molecule has 0 bridgehead atoms. The van der Waals surface area contributed by atoms with Crippen molar-refractivity contribution in [3.05, 3.63) is 29.3 Å². The Morgan fingerprint density at radius 2 is 1.76 bits per heavy atom. The maximum Gasteiger partial charge on any atom is 0.413 e. The van der Waals surface area contributed by atoms with E-state index in [4.69, 9.17) is 16.3 Å². The summed E-state index contributed by atoms with van der Waals surface area (Å²) in [6.45, 7) is 0.766. The van der Waals surface area contributed by atoms with Crippen molar-refractivity contribution in [2.75, 3.05) is 19.8 Å². The fraction of sp³-hybridized carbons (Fsp3) is 0.308. The molecular weight excluding hydrogens is 302 g/mol. The second-order valence-corrected chi connectivity index (χ2v) is 4.11. The number of imide groups is 1. The van der Waals surface area contributed by atoms with E-state index in [1.807, 2.05) is 5.32 Å². The van der Waals surface area contributed by atoms with Crippen LogP contribution in [0.5, 0.6) is 5.75 Å². The molecule has 1 N–H and O–H groups in total. The summed E-state index contributed by atoms with van der Waals surface area (Å²) in [6, 6.07) is 6.39. The highest BCUT2D eigenvalue weighted by Gasteiger charge is 2.11. The molecule has 0 aliphatic rings. The van der Waals surface area contributed by atoms with Crippen LogP contribution in [0.3, 0.4) is 0 Å². The maximum absolute atomic E-state index is 11.3. The molecule has 114 valence electrons. The molecule has 0 saturated heterocycles. The molecule has 0 atom stereocenters. The molecule has 21 heavy (non-hydrogen) atoms. The minimum atomic E-state index is -0.893. The summed E-state index contributed by atoms with van der Waals surface area (Å²) >= 11 is 5.69. The van der Waals surface area contributed by atoms with Crippen LogP contribution in [0.25, 0.3) is 0 Å². The first-order valence-corrected chi connectivity index (χ1v) is 6.39. The molecule has 8 heteroatoms. The minimum absolute atomic E-state index is 0.133. The van der Waals surface area contributed by atoms with Gasteiger partial charge in [-0.3, -0.25) is 10.1 Å². The van der Waals surface area contributed by atoms with Crippen LogP contribution in [0.4, 0.5) is 4.79 Å². The number of amides is 2. The normalized spacial score (nSPS) is 9.62. The summed E-state index contributed by atoms with van der Waals surface area (Å²) in [6.07, 6.45) is -0.893. The number of carbonyl (C=O) groups excluding carboxylic acids is 3. The number of esters is 1. The molecule has 0 aromatic heterocycles. The van der Waals surface area contributed by atoms with Gasteiger partial charge in [-0.05, 0) is 31.2 Å². The predicted octanol–water partition coefficient (Wildman–Crippen LogP) is 1.53. The van der Waals surface area contributed by atoms with Crippen molar-refractivity contribution in [3.8, 4) is 5.75 Å². The number of carbonyl (C=O) groups is 3. The van der Waals surface area contributed by atoms with Gasteiger partial charge in [-0.1, -0.05) is 11.6 Å². The van der Waals surface area contributed by atoms with Gasteiger partial charge >= 0.3 is 12.1 Å². The zero-order valence-electron chi connectivity index (χ0n) is 11.3. The van der Waals surface area contributed by atoms with Crippen molar-refractivity contribution in [1.29, 1.82) is 0 Å². The lowest BCUT2D eigenvalue weighted by Crippen LogP contribution is -2.35. The molecule has 0 saturated carbocycles. The number of halogens is 1. The Morgan fingerprint density at radius 3 is 2.38 bits per heavy atom. The van der Waals surface area contributed by atoms with E-state index in [0.717, 1.165) is 0 Å². The monoisotopic (exact) mass is 315 g/mol. The number of nitrogens with one attached hydrogen (secondary N) is 1. The minimum Gasteiger partial charge on any atom is -0.482 e. The Morgan fingerprint density at radius 1 is 1.10 bits per heavy atom. The van der Waals surface area contributed by atoms with Crippen molar-refractivity contribution in [3.63, 3.8) is 0 Å². The van der Waals surface area contributed by atoms with Gasteiger partial charge in [0.25, 0.3) is 5.91 Å². The van der Waals surface area contributed by atoms with E-state index in [2.05, 4.69) is 9.47 Å². The summed E-state index contributed by atoms with van der Waals surface area (Å²) in [7, 11) is 0. The van der Waals surface area contributed by atoms with E-state index < -0.39 is 24.6 Å². The molecule has 7 nitrogen and oxygen atoms in total. The maximum atomic E-state index is 11.3. The first kappa shape index (κ1) is 16.8. The highest BCUT2D eigenvalue weighted by atomic mass is 35.5. The lowest BCUT2D eigenvalue weighted by Gasteiger charge is -2.07. The number of rotatable bonds is 6. The fourth-order valence-electron chi connectivity index (χ4n) is 1.18. The summed E-state index contributed by atoms with van der Waals surface area (Å²) in [4.78, 5) is 33.4. The smallest absolute Gasteiger partial charge is 0.413 e. The van der Waals surface area contributed by atoms with E-state index >= 15 is 0 Å². The number of alkyl carbamates (subject to hydrolysis) is 1. The molecule has 0 radical (unpaired) electrons. The quantitative estimate of drug-likeness (QED) is 0.801. The van der Waals surface area contributed by atoms with Gasteiger partial charge in [-0.15, -0.1) is 0 Å². The predicted molar refractivity (Wildman–Crippen MR) is 73.1 cm³/mol. The average molecular weight is 316 g/mol. The molecule has 0 aliphatic heterocycles. The van der Waals surface area contributed by atoms with Crippen molar-refractivity contribution in [1.82, 2.24) is 5.32 Å². The molecule has 1 aromatic carbocycles. The van der Waals surface area contributed by atoms with Gasteiger partial charge in [0.1, 0.15) is 5.75 Å². The largest absolute Gasteiger partial charge is 0.482 e. The fourth-order valence-corrected chi connectivity index (χ4v) is 1.30. The summed E-state index contributed by atoms with van der Waals surface area (Å²) in [5, 5.41) is 2.43. The first-order chi connectivity index (χ1) is 10.0. The van der Waals surface area contributed by atoms with Gasteiger partial charge in [-0.2, -0.15) is 0 Å². The van der Waals surface area contributed by atoms with Crippen molar-refractivity contribution in [2.45, 2.75) is 6.92 Å². The van der Waals surface area contributed by atoms with E-state index in [1.165, 1.54) is 0 Å². The van der Waals surface area contributed by atoms with Gasteiger partial charge in [-0.25, -0.2) is 9.59 Å². The molecule has 0 spiro atoms. The zero-order chi connectivity index (χ0) is 15.7. The Hall–Kier alpha value is -2.28. The third-order valence-electron chi connectivity index (χ3n) is 2.05. The van der Waals surface area contributed by atoms with Crippen LogP contribution in [0.2, 0.25) is 5.02 Å². The number of benzene rings is 1. The standard InChI is InChI=1S/C13H14ClNO6/c1-2-19-13(18)15-11(16)7-21-12(17)8-20-10-5-3-9(14)4-6-10/h3-6H,2,7-8H2,1H3,(H,15,16,18). The van der Waals surface area contributed by atoms with Crippen LogP contribution >= 0.6 is 11.6 Å². The summed E-state index contributed by atoms with van der Waals surface area (Å²) < 4.78 is 14.2. The van der Waals surface area contributed by atoms with Gasteiger partial charge in [0.15, 0.2) is 13.2 Å². The van der Waals surface area contributed by atoms with Gasteiger partial charge in [0, 0.05) is 5.02 Å². The number of ether oxygens (including phenoxy) is 3. The highest BCUT2D eigenvalue weighted by molar-refractivity contribution is 6.30. The first-order valence-electron chi connectivity index (χ1n) is 6.02. The van der Waals surface area contributed by atoms with Crippen LogP contribution in [-0.4, -0.2) is 37.8 Å². The van der Waals surface area contributed by atoms with E-state index in [-0.39, 0.29) is 13.2 Å². The molecule has 0 heterocycles. The van der Waals surface area contributed by atoms with Crippen LogP contribution in [0, 0.1) is 0 Å². The van der Waals surface area contributed by atoms with Gasteiger partial charge < -0.3 is 14.2 Å². The van der Waals surface area contributed by atoms with Crippen LogP contribution in [-0.2, 0) is 19.1 Å². The topological polar surface area (TPSA) is 90.9 Å². The van der Waals surface area contributed by atoms with Crippen molar-refractivity contribution in [2.24, 2.45) is 0 Å². The highest BCUT2D eigenvalue weighted by Crippen LogP contribution is 2.15. The third kappa shape index (κ3) is 7.17. The molecule has 2 amide bonds. The average Bonchev–Trinajstić information content (AvgIpc) is 2.44. The Bertz CT molecular complexity index is 502. The molecule has 1 rings (SSSR count). The zero-order valence-corrected chi connectivity index (χ0v) is 12.0. The SMILES string of the molecule is CCOC(=O)NC(=O)COC(=O)COc1ccc(Cl)cc1. The lowest BCUT2D eigenvalue weighted by atomic mass is 10.3. The van der Waals surface area contributed by atoms with Crippen LogP contribution in [0.15, 0.2) is 24.3 Å². The van der Waals surface area contributed by atoms with Crippen molar-refractivity contribution < 1.29 is 28.6 Å². The number of hydrogen-bond acceptors (Lipinski definition) is 6. The Kier molecular flexibility index (Phi) is 7.03. The van der Waals surface area contributed by atoms with E-state index in [1.54, 1.807) is 31.2 Å². The van der Waals surface area contributed by atoms with E-state index in [0.29, 0.717) is 10.8 Å². The van der Waals surface area contributed by atoms with Crippen LogP contribution in [0.1, 0.15) is 6.92 Å². The Balaban J connectivity index is 2.23. The lowest BCUT2D eigenvalue weighted by molar-refractivity contribution is -0.150. The van der Waals surface area contributed by atoms with Gasteiger partial charge in [0.2, 0.25) is 0 Å². The second-order valence-electron chi connectivity index (χ2n) is 3.67. The van der Waals surface area contributed by atoms with Crippen LogP contribution < -0.4 is 10.1 Å². The molecule has 0 fully saturated rings. The number of hydrogen-bond donors (Lipinski definition) is 1. The molecule has 1 aromatic rings. The summed E-state index contributed by atoms with van der Waals surface area (Å²) in [5.41, 5.74) is 0. The third-order valence-corrected chi connectivity index (χ3v) is 2.30. The molecular formula is C13H14ClNO6. The molecule has 0 aliphatic carbocycles. The summed E-state index contributed by atoms with van der Waals surface area (Å²) in [5.74, 6) is -1.09. The second kappa shape index (κ2) is 8.80. The van der Waals surface area contributed by atoms with Crippen molar-refractivity contribution >= 4 is 29.6 Å². The van der Waals surface area contributed by atoms with E-state index in [9.17, 15) is 14.4 Å². The molecule has 0 unspecified atom stereocenters. The van der Waals surface area contributed by atoms with Gasteiger partial charge in [0.05, 0.1) is 6.61 Å².